The Morgan fingerprint density at radius 3 is 1.53 bits per heavy atom. The summed E-state index contributed by atoms with van der Waals surface area (Å²) >= 11 is 0. The summed E-state index contributed by atoms with van der Waals surface area (Å²) in [5.41, 5.74) is 2.46. The zero-order valence-electron chi connectivity index (χ0n) is 28.0. The molecule has 0 N–H and O–H groups in total. The summed E-state index contributed by atoms with van der Waals surface area (Å²) in [7, 11) is -1.52. The number of amides is 1. The van der Waals surface area contributed by atoms with Gasteiger partial charge in [0.1, 0.15) is 19.4 Å². The number of nitrogens with zero attached hydrogens (tertiary/aromatic N) is 1. The average Bonchev–Trinajstić information content (AvgIpc) is 3.02. The van der Waals surface area contributed by atoms with E-state index in [9.17, 15) is 106 Å². The first kappa shape index (κ1) is 55.9. The third-order valence-electron chi connectivity index (χ3n) is 5.85. The van der Waals surface area contributed by atoms with E-state index in [-0.39, 0.29) is 0 Å². The topological polar surface area (TPSA) is 66.5 Å². The Morgan fingerprint density at radius 2 is 1.18 bits per heavy atom. The van der Waals surface area contributed by atoms with Crippen LogP contribution in [-0.4, -0.2) is 82.1 Å². The lowest BCUT2D eigenvalue weighted by atomic mass is 10.2. The first-order chi connectivity index (χ1) is 25.1. The molecule has 1 unspecified atom stereocenters. The van der Waals surface area contributed by atoms with E-state index in [0.29, 0.717) is 18.7 Å². The second-order valence-electron chi connectivity index (χ2n) is 11.3. The summed E-state index contributed by atoms with van der Waals surface area (Å²) in [6, 6.07) is 9.40. The van der Waals surface area contributed by atoms with E-state index >= 15 is 0 Å². The van der Waals surface area contributed by atoms with Gasteiger partial charge in [-0.3, -0.25) is 4.79 Å². The lowest BCUT2D eigenvalue weighted by Gasteiger charge is -2.33. The minimum atomic E-state index is -7.16. The zero-order chi connectivity index (χ0) is 45.8. The van der Waals surface area contributed by atoms with Gasteiger partial charge in [0.2, 0.25) is 5.91 Å². The van der Waals surface area contributed by atoms with Crippen molar-refractivity contribution in [2.75, 3.05) is 18.1 Å². The van der Waals surface area contributed by atoms with E-state index in [1.165, 1.54) is 9.84 Å². The molecule has 0 heterocycles. The van der Waals surface area contributed by atoms with Crippen LogP contribution < -0.4 is 4.90 Å². The maximum Gasteiger partial charge on any atom is 0.480 e. The van der Waals surface area contributed by atoms with Crippen LogP contribution in [0.5, 0.6) is 0 Å². The molecule has 0 aliphatic carbocycles. The van der Waals surface area contributed by atoms with Crippen molar-refractivity contribution in [1.82, 2.24) is 0 Å². The molecule has 7 nitrogen and oxygen atoms in total. The highest BCUT2D eigenvalue weighted by Gasteiger charge is 2.78. The molecular formula is C26H26F23NO6Si. The van der Waals surface area contributed by atoms with Crippen LogP contribution in [-0.2, 0) is 29.2 Å². The molecule has 0 radical (unpaired) electrons. The van der Waals surface area contributed by atoms with Crippen LogP contribution >= 0.6 is 0 Å². The Balaban J connectivity index is 0. The number of anilines is 1. The number of para-hydroxylation sites is 1. The van der Waals surface area contributed by atoms with Crippen molar-refractivity contribution >= 4 is 19.7 Å². The molecule has 1 aromatic carbocycles. The van der Waals surface area contributed by atoms with Gasteiger partial charge in [-0.1, -0.05) is 37.3 Å². The number of alkyl halides is 21. The van der Waals surface area contributed by atoms with Crippen molar-refractivity contribution in [2.45, 2.75) is 93.4 Å². The van der Waals surface area contributed by atoms with E-state index in [1.807, 2.05) is 15.5 Å². The highest BCUT2D eigenvalue weighted by molar-refractivity contribution is 6.82. The van der Waals surface area contributed by atoms with Crippen LogP contribution in [0.3, 0.4) is 0 Å². The van der Waals surface area contributed by atoms with Crippen molar-refractivity contribution < 1.29 is 130 Å². The molecule has 336 valence electrons. The lowest BCUT2D eigenvalue weighted by Crippen LogP contribution is -2.60. The fourth-order valence-electron chi connectivity index (χ4n) is 3.06. The normalized spacial score (nSPS) is 14.8. The fraction of sp³-hybridized carbons (Fsp3) is 0.654. The molecule has 0 fully saturated rings. The van der Waals surface area contributed by atoms with Crippen molar-refractivity contribution in [3.8, 4) is 0 Å². The number of hydrogen-bond acceptors (Lipinski definition) is 6. The molecule has 57 heavy (non-hydrogen) atoms. The number of halogens is 23. The third-order valence-corrected chi connectivity index (χ3v) is 8.60. The first-order valence-electron chi connectivity index (χ1n) is 14.2. The molecule has 0 aliphatic heterocycles. The van der Waals surface area contributed by atoms with Gasteiger partial charge >= 0.3 is 55.0 Å². The van der Waals surface area contributed by atoms with Crippen LogP contribution in [0.2, 0.25) is 19.1 Å². The Labute approximate surface area is 304 Å². The zero-order valence-corrected chi connectivity index (χ0v) is 29.0. The number of carbonyl (C=O) groups excluding carboxylic acids is 1. The van der Waals surface area contributed by atoms with Gasteiger partial charge in [0.05, 0.1) is 8.07 Å². The SMILES string of the molecule is C=C[Si](C)(C)CCCN(C(=O)CC(F)(F)F)c1ccccc1.FOC(F)(F)C(F)(F)OOC(F)(C(F)(F)F)C(F)(F)OCC(F)(F)F.FOC(F)(F)CC(F)(F)F. The van der Waals surface area contributed by atoms with Gasteiger partial charge in [-0.15, -0.1) is 22.2 Å². The molecule has 0 saturated heterocycles. The molecule has 1 amide bonds. The van der Waals surface area contributed by atoms with Crippen molar-refractivity contribution in [1.29, 1.82) is 0 Å². The van der Waals surface area contributed by atoms with Gasteiger partial charge in [-0.25, -0.2) is 0 Å². The summed E-state index contributed by atoms with van der Waals surface area (Å²) in [5, 5.41) is 0. The van der Waals surface area contributed by atoms with Gasteiger partial charge in [-0.2, -0.15) is 102 Å². The Kier molecular flexibility index (Phi) is 20.3. The van der Waals surface area contributed by atoms with Crippen molar-refractivity contribution in [3.63, 3.8) is 0 Å². The van der Waals surface area contributed by atoms with Gasteiger partial charge in [0, 0.05) is 12.2 Å². The van der Waals surface area contributed by atoms with Gasteiger partial charge in [0.25, 0.3) is 0 Å². The summed E-state index contributed by atoms with van der Waals surface area (Å²) in [6.07, 6.45) is -50.5. The van der Waals surface area contributed by atoms with Crippen LogP contribution in [0.25, 0.3) is 0 Å². The smallest absolute Gasteiger partial charge is 0.312 e. The summed E-state index contributed by atoms with van der Waals surface area (Å²) in [6.45, 7) is 5.14. The average molecular weight is 914 g/mol. The van der Waals surface area contributed by atoms with Crippen molar-refractivity contribution in [2.24, 2.45) is 0 Å². The standard InChI is InChI=1S/C16H22F3NOSi.C7H2F14O4.C3H2F6O/c1-4-22(2,3)12-8-11-20(14-9-6-5-7-10-14)15(21)13-16(17,18)19;8-2(9,10)1-22-5(15,16)3(11,4(12,13)14)24-25-7(19,20)6(17,18)23-21;4-2(5,6)1-3(7,8)10-9/h4-7,9-10H,1,8,11-13H2,2-3H3;1H2;1H2. The van der Waals surface area contributed by atoms with Gasteiger partial charge in [-0.05, 0) is 27.6 Å². The Morgan fingerprint density at radius 1 is 0.684 bits per heavy atom. The molecule has 1 rings (SSSR count). The second-order valence-corrected chi connectivity index (χ2v) is 16.2. The molecule has 31 heteroatoms. The maximum absolute atomic E-state index is 13.2. The summed E-state index contributed by atoms with van der Waals surface area (Å²) < 4.78 is 277. The highest BCUT2D eigenvalue weighted by Crippen LogP contribution is 2.49. The monoisotopic (exact) mass is 913 g/mol. The van der Waals surface area contributed by atoms with E-state index in [0.717, 1.165) is 6.04 Å². The predicted octanol–water partition coefficient (Wildman–Crippen LogP) is 11.6. The lowest BCUT2D eigenvalue weighted by molar-refractivity contribution is -0.614. The largest absolute Gasteiger partial charge is 0.480 e. The molecule has 0 aromatic heterocycles. The Bertz CT molecular complexity index is 1360. The van der Waals surface area contributed by atoms with Crippen LogP contribution in [0.1, 0.15) is 19.3 Å². The Hall–Kier alpha value is -3.16. The summed E-state index contributed by atoms with van der Waals surface area (Å²) in [4.78, 5) is 19.9. The minimum Gasteiger partial charge on any atom is -0.312 e. The van der Waals surface area contributed by atoms with E-state index in [4.69, 9.17) is 0 Å². The molecular weight excluding hydrogens is 887 g/mol. The molecule has 0 aliphatic rings. The van der Waals surface area contributed by atoms with Crippen LogP contribution in [0, 0.1) is 0 Å². The van der Waals surface area contributed by atoms with Crippen LogP contribution in [0.15, 0.2) is 42.6 Å². The quantitative estimate of drug-likeness (QED) is 0.0671. The summed E-state index contributed by atoms with van der Waals surface area (Å²) in [5.74, 6) is -7.85. The van der Waals surface area contributed by atoms with Gasteiger partial charge in [0.15, 0.2) is 0 Å². The van der Waals surface area contributed by atoms with E-state index in [1.54, 1.807) is 35.3 Å². The molecule has 1 aromatic rings. The fourth-order valence-corrected chi connectivity index (χ4v) is 4.33. The number of benzene rings is 1. The maximum atomic E-state index is 13.2. The molecule has 0 bridgehead atoms. The number of ether oxygens (including phenoxy) is 1. The van der Waals surface area contributed by atoms with Crippen LogP contribution in [0.4, 0.5) is 107 Å². The van der Waals surface area contributed by atoms with E-state index in [2.05, 4.69) is 24.4 Å². The number of hydrogen-bond donors (Lipinski definition) is 0. The second kappa shape index (κ2) is 20.7. The van der Waals surface area contributed by atoms with Crippen molar-refractivity contribution in [3.05, 3.63) is 42.6 Å². The minimum absolute atomic E-state index is 0.295. The third kappa shape index (κ3) is 20.9. The molecule has 1 atom stereocenters. The number of rotatable bonds is 17. The highest BCUT2D eigenvalue weighted by atomic mass is 28.3. The first-order valence-corrected chi connectivity index (χ1v) is 17.5. The predicted molar refractivity (Wildman–Crippen MR) is 145 cm³/mol. The molecule has 0 spiro atoms. The van der Waals surface area contributed by atoms with E-state index < -0.39 is 88.4 Å². The number of carbonyl (C=O) groups is 1. The molecule has 0 saturated carbocycles. The van der Waals surface area contributed by atoms with Gasteiger partial charge < -0.3 is 9.64 Å².